The maximum atomic E-state index is 12.1. The molecule has 0 saturated heterocycles. The minimum Gasteiger partial charge on any atom is -0.496 e. The summed E-state index contributed by atoms with van der Waals surface area (Å²) in [5.41, 5.74) is 6.03. The molecule has 7 nitrogen and oxygen atoms in total. The van der Waals surface area contributed by atoms with Crippen LogP contribution in [0.2, 0.25) is 5.02 Å². The Bertz CT molecular complexity index is 910. The highest BCUT2D eigenvalue weighted by Gasteiger charge is 2.11. The topological polar surface area (TPSA) is 88.7 Å². The second-order valence-corrected chi connectivity index (χ2v) is 7.20. The predicted octanol–water partition coefficient (Wildman–Crippen LogP) is 3.13. The molecule has 0 radical (unpaired) electrons. The number of nitrogens with one attached hydrogen (secondary N) is 3. The molecule has 148 valence electrons. The first-order chi connectivity index (χ1) is 13.3. The zero-order valence-electron chi connectivity index (χ0n) is 15.0. The number of amides is 2. The van der Waals surface area contributed by atoms with Crippen molar-refractivity contribution in [2.24, 2.45) is 0 Å². The zero-order chi connectivity index (χ0) is 20.7. The fraction of sp³-hybridized carbons (Fsp3) is 0.167. The summed E-state index contributed by atoms with van der Waals surface area (Å²) >= 11 is 14.2. The van der Waals surface area contributed by atoms with Gasteiger partial charge in [0.2, 0.25) is 0 Å². The van der Waals surface area contributed by atoms with E-state index in [-0.39, 0.29) is 11.7 Å². The molecule has 0 aliphatic rings. The van der Waals surface area contributed by atoms with Crippen LogP contribution in [0, 0.1) is 6.92 Å². The smallest absolute Gasteiger partial charge is 0.269 e. The number of rotatable bonds is 5. The van der Waals surface area contributed by atoms with Crippen molar-refractivity contribution >= 4 is 56.7 Å². The van der Waals surface area contributed by atoms with Gasteiger partial charge in [-0.25, -0.2) is 0 Å². The molecule has 0 bridgehead atoms. The molecule has 0 fully saturated rings. The summed E-state index contributed by atoms with van der Waals surface area (Å²) in [6.07, 6.45) is 0. The van der Waals surface area contributed by atoms with Crippen LogP contribution in [0.5, 0.6) is 11.5 Å². The van der Waals surface area contributed by atoms with Gasteiger partial charge in [-0.1, -0.05) is 11.6 Å². The van der Waals surface area contributed by atoms with Gasteiger partial charge in [-0.15, -0.1) is 0 Å². The van der Waals surface area contributed by atoms with E-state index in [0.717, 1.165) is 5.56 Å². The number of halogens is 2. The molecule has 0 atom stereocenters. The van der Waals surface area contributed by atoms with Crippen molar-refractivity contribution < 1.29 is 19.1 Å². The van der Waals surface area contributed by atoms with E-state index in [1.54, 1.807) is 36.4 Å². The summed E-state index contributed by atoms with van der Waals surface area (Å²) < 4.78 is 11.2. The zero-order valence-corrected chi connectivity index (χ0v) is 18.1. The number of hydrogen-bond acceptors (Lipinski definition) is 5. The van der Waals surface area contributed by atoms with E-state index in [4.69, 9.17) is 33.3 Å². The first-order valence-corrected chi connectivity index (χ1v) is 9.50. The third-order valence-electron chi connectivity index (χ3n) is 3.45. The fourth-order valence-corrected chi connectivity index (χ4v) is 3.04. The second-order valence-electron chi connectivity index (χ2n) is 5.50. The molecule has 0 unspecified atom stereocenters. The molecular weight excluding hydrogens is 470 g/mol. The van der Waals surface area contributed by atoms with Gasteiger partial charge in [-0.05, 0) is 77.0 Å². The molecule has 0 spiro atoms. The number of methoxy groups -OCH3 is 1. The van der Waals surface area contributed by atoms with E-state index < -0.39 is 11.8 Å². The molecule has 0 saturated carbocycles. The first-order valence-electron chi connectivity index (χ1n) is 7.93. The summed E-state index contributed by atoms with van der Waals surface area (Å²) in [6, 6.07) is 9.91. The monoisotopic (exact) mass is 485 g/mol. The summed E-state index contributed by atoms with van der Waals surface area (Å²) in [7, 11) is 1.53. The van der Waals surface area contributed by atoms with Gasteiger partial charge in [-0.3, -0.25) is 25.8 Å². The second kappa shape index (κ2) is 10.3. The molecule has 2 aromatic rings. The summed E-state index contributed by atoms with van der Waals surface area (Å²) in [4.78, 5) is 24.0. The number of hydrogen-bond donors (Lipinski definition) is 3. The Balaban J connectivity index is 1.79. The van der Waals surface area contributed by atoms with Gasteiger partial charge in [0.1, 0.15) is 11.5 Å². The predicted molar refractivity (Wildman–Crippen MR) is 114 cm³/mol. The first kappa shape index (κ1) is 21.9. The summed E-state index contributed by atoms with van der Waals surface area (Å²) in [5.74, 6) is 0.223. The van der Waals surface area contributed by atoms with Crippen molar-refractivity contribution in [2.45, 2.75) is 6.92 Å². The third-order valence-corrected chi connectivity index (χ3v) is 4.51. The van der Waals surface area contributed by atoms with Crippen LogP contribution in [0.25, 0.3) is 0 Å². The summed E-state index contributed by atoms with van der Waals surface area (Å²) in [6.45, 7) is 1.57. The molecule has 0 aliphatic carbocycles. The van der Waals surface area contributed by atoms with Crippen LogP contribution in [0.15, 0.2) is 40.9 Å². The number of aryl methyl sites for hydroxylation is 1. The van der Waals surface area contributed by atoms with Gasteiger partial charge >= 0.3 is 0 Å². The number of thiocarbonyl (C=S) groups is 1. The largest absolute Gasteiger partial charge is 0.496 e. The Hall–Kier alpha value is -2.36. The van der Waals surface area contributed by atoms with Gasteiger partial charge < -0.3 is 9.47 Å². The minimum absolute atomic E-state index is 0.0673. The van der Waals surface area contributed by atoms with Gasteiger partial charge in [0, 0.05) is 10.6 Å². The van der Waals surface area contributed by atoms with Gasteiger partial charge in [0.25, 0.3) is 11.8 Å². The summed E-state index contributed by atoms with van der Waals surface area (Å²) in [5, 5.41) is 2.92. The average Bonchev–Trinajstić information content (AvgIpc) is 2.65. The number of carbonyl (C=O) groups excluding carboxylic acids is 2. The number of carbonyl (C=O) groups is 2. The Morgan fingerprint density at radius 1 is 1.14 bits per heavy atom. The molecule has 2 amide bonds. The highest BCUT2D eigenvalue weighted by Crippen LogP contribution is 2.25. The van der Waals surface area contributed by atoms with Gasteiger partial charge in [-0.2, -0.15) is 0 Å². The van der Waals surface area contributed by atoms with Crippen LogP contribution in [0.3, 0.4) is 0 Å². The lowest BCUT2D eigenvalue weighted by Gasteiger charge is -2.12. The number of ether oxygens (including phenoxy) is 2. The standard InChI is InChI=1S/C18H17BrClN3O4S/c1-10-7-12(20)4-6-14(10)27-9-16(24)21-18(28)23-22-17(25)11-3-5-15(26-2)13(19)8-11/h3-8H,9H2,1-2H3,(H,22,25)(H2,21,23,24,28). The van der Waals surface area contributed by atoms with Crippen LogP contribution in [0.4, 0.5) is 0 Å². The van der Waals surface area contributed by atoms with E-state index in [2.05, 4.69) is 32.1 Å². The van der Waals surface area contributed by atoms with Crippen molar-refractivity contribution in [2.75, 3.05) is 13.7 Å². The quantitative estimate of drug-likeness (QED) is 0.444. The molecule has 3 N–H and O–H groups in total. The Morgan fingerprint density at radius 2 is 1.86 bits per heavy atom. The normalized spacial score (nSPS) is 10.0. The molecule has 0 aliphatic heterocycles. The molecule has 0 heterocycles. The Kier molecular flexibility index (Phi) is 8.04. The Morgan fingerprint density at radius 3 is 2.50 bits per heavy atom. The minimum atomic E-state index is -0.478. The molecule has 2 rings (SSSR count). The van der Waals surface area contributed by atoms with Crippen molar-refractivity contribution in [3.8, 4) is 11.5 Å². The van der Waals surface area contributed by atoms with Crippen molar-refractivity contribution in [1.82, 2.24) is 16.2 Å². The van der Waals surface area contributed by atoms with E-state index >= 15 is 0 Å². The maximum Gasteiger partial charge on any atom is 0.269 e. The van der Waals surface area contributed by atoms with Crippen LogP contribution in [0.1, 0.15) is 15.9 Å². The maximum absolute atomic E-state index is 12.1. The lowest BCUT2D eigenvalue weighted by molar-refractivity contribution is -0.121. The molecule has 0 aromatic heterocycles. The van der Waals surface area contributed by atoms with Crippen LogP contribution in [-0.2, 0) is 4.79 Å². The molecular formula is C18H17BrClN3O4S. The van der Waals surface area contributed by atoms with Gasteiger partial charge in [0.15, 0.2) is 11.7 Å². The highest BCUT2D eigenvalue weighted by atomic mass is 79.9. The third kappa shape index (κ3) is 6.36. The van der Waals surface area contributed by atoms with E-state index in [0.29, 0.717) is 26.6 Å². The lowest BCUT2D eigenvalue weighted by Crippen LogP contribution is -2.49. The fourth-order valence-electron chi connectivity index (χ4n) is 2.11. The molecule has 2 aromatic carbocycles. The lowest BCUT2D eigenvalue weighted by atomic mass is 10.2. The van der Waals surface area contributed by atoms with E-state index in [9.17, 15) is 9.59 Å². The molecule has 10 heteroatoms. The van der Waals surface area contributed by atoms with E-state index in [1.165, 1.54) is 7.11 Å². The van der Waals surface area contributed by atoms with Crippen LogP contribution < -0.4 is 25.6 Å². The average molecular weight is 487 g/mol. The van der Waals surface area contributed by atoms with Crippen LogP contribution in [-0.4, -0.2) is 30.6 Å². The van der Waals surface area contributed by atoms with Crippen LogP contribution >= 0.6 is 39.7 Å². The Labute approximate surface area is 180 Å². The number of benzene rings is 2. The van der Waals surface area contributed by atoms with Crippen molar-refractivity contribution in [3.05, 3.63) is 57.0 Å². The van der Waals surface area contributed by atoms with Gasteiger partial charge in [0.05, 0.1) is 11.6 Å². The molecule has 28 heavy (non-hydrogen) atoms. The SMILES string of the molecule is COc1ccc(C(=O)NNC(=S)NC(=O)COc2ccc(Cl)cc2C)cc1Br. The van der Waals surface area contributed by atoms with E-state index in [1.807, 2.05) is 6.92 Å². The van der Waals surface area contributed by atoms with Crippen molar-refractivity contribution in [3.63, 3.8) is 0 Å². The number of hydrazine groups is 1. The highest BCUT2D eigenvalue weighted by molar-refractivity contribution is 9.10. The van der Waals surface area contributed by atoms with Crippen molar-refractivity contribution in [1.29, 1.82) is 0 Å².